The van der Waals surface area contributed by atoms with E-state index in [0.717, 1.165) is 10.6 Å². The van der Waals surface area contributed by atoms with E-state index in [1.165, 1.54) is 11.8 Å². The van der Waals surface area contributed by atoms with Gasteiger partial charge in [-0.25, -0.2) is 4.79 Å². The van der Waals surface area contributed by atoms with Crippen LogP contribution in [0, 0.1) is 0 Å². The van der Waals surface area contributed by atoms with Crippen molar-refractivity contribution >= 4 is 40.9 Å². The molecule has 0 radical (unpaired) electrons. The number of carbonyl (C=O) groups is 3. The Labute approximate surface area is 155 Å². The first-order valence-electron chi connectivity index (χ1n) is 8.20. The zero-order chi connectivity index (χ0) is 18.5. The topological polar surface area (TPSA) is 84.5 Å². The van der Waals surface area contributed by atoms with Gasteiger partial charge in [-0.05, 0) is 37.3 Å². The molecule has 0 aliphatic carbocycles. The molecule has 1 aliphatic heterocycles. The number of esters is 1. The van der Waals surface area contributed by atoms with Crippen LogP contribution in [0.2, 0.25) is 0 Å². The van der Waals surface area contributed by atoms with E-state index in [-0.39, 0.29) is 24.8 Å². The zero-order valence-electron chi connectivity index (χ0n) is 14.2. The largest absolute Gasteiger partial charge is 0.462 e. The van der Waals surface area contributed by atoms with E-state index in [1.807, 2.05) is 24.3 Å². The molecule has 2 aromatic rings. The molecule has 2 amide bonds. The van der Waals surface area contributed by atoms with Crippen molar-refractivity contribution in [2.75, 3.05) is 17.2 Å². The van der Waals surface area contributed by atoms with Crippen LogP contribution in [0.15, 0.2) is 53.4 Å². The standard InChI is InChI=1S/C19H18N2O4S/c1-2-25-19(24)12-6-5-7-13(10-12)20-17(22)11-16-18(23)21-14-8-3-4-9-15(14)26-16/h3-10,16H,2,11H2,1H3,(H,20,22)(H,21,23)/t16-/m1/s1. The average Bonchev–Trinajstić information content (AvgIpc) is 2.62. The number of anilines is 2. The molecule has 0 unspecified atom stereocenters. The molecule has 6 nitrogen and oxygen atoms in total. The maximum absolute atomic E-state index is 12.3. The van der Waals surface area contributed by atoms with Gasteiger partial charge >= 0.3 is 5.97 Å². The molecule has 26 heavy (non-hydrogen) atoms. The molecule has 0 saturated carbocycles. The van der Waals surface area contributed by atoms with Crippen LogP contribution in [0.25, 0.3) is 0 Å². The van der Waals surface area contributed by atoms with Crippen LogP contribution in [0.4, 0.5) is 11.4 Å². The zero-order valence-corrected chi connectivity index (χ0v) is 15.0. The first-order chi connectivity index (χ1) is 12.6. The highest BCUT2D eigenvalue weighted by molar-refractivity contribution is 8.01. The molecular formula is C19H18N2O4S. The van der Waals surface area contributed by atoms with Gasteiger partial charge in [0.25, 0.3) is 0 Å². The summed E-state index contributed by atoms with van der Waals surface area (Å²) in [4.78, 5) is 37.2. The summed E-state index contributed by atoms with van der Waals surface area (Å²) in [5, 5.41) is 5.05. The van der Waals surface area contributed by atoms with Crippen LogP contribution in [0.3, 0.4) is 0 Å². The third-order valence-corrected chi connectivity index (χ3v) is 5.01. The number of amides is 2. The van der Waals surface area contributed by atoms with Crippen LogP contribution in [-0.2, 0) is 14.3 Å². The molecule has 1 atom stereocenters. The molecule has 1 aliphatic rings. The number of ether oxygens (including phenoxy) is 1. The van der Waals surface area contributed by atoms with Crippen LogP contribution >= 0.6 is 11.8 Å². The van der Waals surface area contributed by atoms with Crippen molar-refractivity contribution in [1.82, 2.24) is 0 Å². The Morgan fingerprint density at radius 1 is 1.19 bits per heavy atom. The second-order valence-corrected chi connectivity index (χ2v) is 6.89. The fourth-order valence-electron chi connectivity index (χ4n) is 2.55. The van der Waals surface area contributed by atoms with Crippen molar-refractivity contribution in [2.24, 2.45) is 0 Å². The predicted octanol–water partition coefficient (Wildman–Crippen LogP) is 3.30. The van der Waals surface area contributed by atoms with E-state index in [9.17, 15) is 14.4 Å². The van der Waals surface area contributed by atoms with Gasteiger partial charge in [0.2, 0.25) is 11.8 Å². The van der Waals surface area contributed by atoms with E-state index < -0.39 is 11.2 Å². The molecule has 0 bridgehead atoms. The van der Waals surface area contributed by atoms with Crippen molar-refractivity contribution in [2.45, 2.75) is 23.5 Å². The summed E-state index contributed by atoms with van der Waals surface area (Å²) in [6, 6.07) is 14.0. The number of nitrogens with one attached hydrogen (secondary N) is 2. The van der Waals surface area contributed by atoms with Gasteiger partial charge in [0.15, 0.2) is 0 Å². The minimum Gasteiger partial charge on any atom is -0.462 e. The number of hydrogen-bond acceptors (Lipinski definition) is 5. The lowest BCUT2D eigenvalue weighted by Gasteiger charge is -2.23. The van der Waals surface area contributed by atoms with Crippen LogP contribution in [0.5, 0.6) is 0 Å². The summed E-state index contributed by atoms with van der Waals surface area (Å²) in [5.41, 5.74) is 1.62. The Balaban J connectivity index is 1.63. The number of para-hydroxylation sites is 1. The van der Waals surface area contributed by atoms with Crippen LogP contribution in [-0.4, -0.2) is 29.6 Å². The Morgan fingerprint density at radius 2 is 2.00 bits per heavy atom. The monoisotopic (exact) mass is 370 g/mol. The highest BCUT2D eigenvalue weighted by atomic mass is 32.2. The van der Waals surface area contributed by atoms with Crippen LogP contribution in [0.1, 0.15) is 23.7 Å². The van der Waals surface area contributed by atoms with Gasteiger partial charge < -0.3 is 15.4 Å². The van der Waals surface area contributed by atoms with Gasteiger partial charge in [0.05, 0.1) is 23.1 Å². The normalized spacial score (nSPS) is 15.6. The summed E-state index contributed by atoms with van der Waals surface area (Å²) in [7, 11) is 0. The third kappa shape index (κ3) is 4.23. The van der Waals surface area contributed by atoms with Crippen molar-refractivity contribution in [3.05, 3.63) is 54.1 Å². The van der Waals surface area contributed by atoms with Crippen molar-refractivity contribution in [1.29, 1.82) is 0 Å². The Kier molecular flexibility index (Phi) is 5.58. The molecule has 0 fully saturated rings. The lowest BCUT2D eigenvalue weighted by Crippen LogP contribution is -2.32. The van der Waals surface area contributed by atoms with Crippen molar-refractivity contribution in [3.63, 3.8) is 0 Å². The quantitative estimate of drug-likeness (QED) is 0.789. The number of benzene rings is 2. The maximum atomic E-state index is 12.3. The molecule has 3 rings (SSSR count). The van der Waals surface area contributed by atoms with E-state index in [4.69, 9.17) is 4.74 Å². The average molecular weight is 370 g/mol. The molecular weight excluding hydrogens is 352 g/mol. The predicted molar refractivity (Wildman–Crippen MR) is 100 cm³/mol. The summed E-state index contributed by atoms with van der Waals surface area (Å²) < 4.78 is 4.95. The minimum atomic E-state index is -0.502. The smallest absolute Gasteiger partial charge is 0.338 e. The Hall–Kier alpha value is -2.80. The van der Waals surface area contributed by atoms with Crippen molar-refractivity contribution in [3.8, 4) is 0 Å². The van der Waals surface area contributed by atoms with E-state index in [1.54, 1.807) is 31.2 Å². The first-order valence-corrected chi connectivity index (χ1v) is 9.08. The number of rotatable bonds is 5. The molecule has 2 aromatic carbocycles. The molecule has 0 aromatic heterocycles. The molecule has 134 valence electrons. The van der Waals surface area contributed by atoms with Gasteiger partial charge in [-0.1, -0.05) is 18.2 Å². The van der Waals surface area contributed by atoms with Gasteiger partial charge in [-0.2, -0.15) is 0 Å². The highest BCUT2D eigenvalue weighted by Gasteiger charge is 2.28. The lowest BCUT2D eigenvalue weighted by atomic mass is 10.2. The van der Waals surface area contributed by atoms with Crippen molar-refractivity contribution < 1.29 is 19.1 Å². The minimum absolute atomic E-state index is 0.0362. The van der Waals surface area contributed by atoms with E-state index >= 15 is 0 Å². The number of hydrogen-bond donors (Lipinski definition) is 2. The summed E-state index contributed by atoms with van der Waals surface area (Å²) in [5.74, 6) is -0.926. The molecule has 0 saturated heterocycles. The number of thioether (sulfide) groups is 1. The van der Waals surface area contributed by atoms with E-state index in [2.05, 4.69) is 10.6 Å². The Morgan fingerprint density at radius 3 is 2.81 bits per heavy atom. The maximum Gasteiger partial charge on any atom is 0.338 e. The van der Waals surface area contributed by atoms with Gasteiger partial charge in [0.1, 0.15) is 0 Å². The molecule has 0 spiro atoms. The van der Waals surface area contributed by atoms with Gasteiger partial charge in [-0.3, -0.25) is 9.59 Å². The molecule has 1 heterocycles. The highest BCUT2D eigenvalue weighted by Crippen LogP contribution is 2.36. The summed E-state index contributed by atoms with van der Waals surface area (Å²) in [6.45, 7) is 2.01. The number of carbonyl (C=O) groups excluding carboxylic acids is 3. The summed E-state index contributed by atoms with van der Waals surface area (Å²) in [6.07, 6.45) is 0.0362. The van der Waals surface area contributed by atoms with E-state index in [0.29, 0.717) is 11.3 Å². The lowest BCUT2D eigenvalue weighted by molar-refractivity contribution is -0.120. The van der Waals surface area contributed by atoms with Gasteiger partial charge in [0, 0.05) is 17.0 Å². The molecule has 7 heteroatoms. The molecule has 2 N–H and O–H groups in total. The van der Waals surface area contributed by atoms with Crippen LogP contribution < -0.4 is 10.6 Å². The fourth-order valence-corrected chi connectivity index (χ4v) is 3.66. The Bertz CT molecular complexity index is 853. The SMILES string of the molecule is CCOC(=O)c1cccc(NC(=O)C[C@H]2Sc3ccccc3NC2=O)c1. The third-order valence-electron chi connectivity index (χ3n) is 3.73. The fraction of sp³-hybridized carbons (Fsp3) is 0.211. The number of fused-ring (bicyclic) bond motifs is 1. The second kappa shape index (κ2) is 8.05. The van der Waals surface area contributed by atoms with Gasteiger partial charge in [-0.15, -0.1) is 11.8 Å². The summed E-state index contributed by atoms with van der Waals surface area (Å²) >= 11 is 1.37. The second-order valence-electron chi connectivity index (χ2n) is 5.65. The first kappa shape index (κ1) is 18.0.